The van der Waals surface area contributed by atoms with Crippen LogP contribution < -0.4 is 10.2 Å². The zero-order valence-electron chi connectivity index (χ0n) is 10.1. The van der Waals surface area contributed by atoms with Crippen molar-refractivity contribution in [2.45, 2.75) is 12.8 Å². The van der Waals surface area contributed by atoms with Crippen LogP contribution in [0.1, 0.15) is 17.7 Å². The van der Waals surface area contributed by atoms with E-state index in [0.29, 0.717) is 12.2 Å². The quantitative estimate of drug-likeness (QED) is 0.800. The van der Waals surface area contributed by atoms with Crippen molar-refractivity contribution >= 4 is 24.3 Å². The van der Waals surface area contributed by atoms with Gasteiger partial charge in [0.1, 0.15) is 12.1 Å². The monoisotopic (exact) mass is 268 g/mol. The maximum atomic E-state index is 9.53. The Morgan fingerprint density at radius 2 is 1.94 bits per heavy atom. The van der Waals surface area contributed by atoms with E-state index in [1.165, 1.54) is 5.56 Å². The average molecular weight is 269 g/mol. The van der Waals surface area contributed by atoms with Gasteiger partial charge < -0.3 is 15.3 Å². The first-order valence-electron chi connectivity index (χ1n) is 6.03. The summed E-state index contributed by atoms with van der Waals surface area (Å²) in [4.78, 5) is 11.0. The van der Waals surface area contributed by atoms with Crippen molar-refractivity contribution in [2.24, 2.45) is 0 Å². The summed E-state index contributed by atoms with van der Waals surface area (Å²) in [6.07, 6.45) is 4.87. The molecule has 0 amide bonds. The first kappa shape index (κ1) is 13.1. The van der Waals surface area contributed by atoms with Crippen LogP contribution in [0.2, 0.25) is 0 Å². The molecule has 0 atom stereocenters. The van der Waals surface area contributed by atoms with Crippen molar-refractivity contribution in [1.29, 1.82) is 0 Å². The van der Waals surface area contributed by atoms with Gasteiger partial charge in [0.25, 0.3) is 0 Å². The predicted octanol–water partition coefficient (Wildman–Crippen LogP) is 1.15. The van der Waals surface area contributed by atoms with Crippen LogP contribution in [0.5, 0.6) is 0 Å². The minimum absolute atomic E-state index is 0. The maximum Gasteiger partial charge on any atom is 0.135 e. The average Bonchev–Trinajstić information content (AvgIpc) is 2.39. The third kappa shape index (κ3) is 2.42. The number of rotatable bonds is 1. The maximum absolute atomic E-state index is 9.53. The van der Waals surface area contributed by atoms with Crippen LogP contribution in [0, 0.1) is 0 Å². The lowest BCUT2D eigenvalue weighted by Gasteiger charge is -2.30. The van der Waals surface area contributed by atoms with Crippen molar-refractivity contribution in [3.8, 4) is 0 Å². The molecule has 5 nitrogen and oxygen atoms in total. The Kier molecular flexibility index (Phi) is 4.04. The van der Waals surface area contributed by atoms with Crippen LogP contribution in [-0.2, 0) is 6.42 Å². The Morgan fingerprint density at radius 1 is 1.17 bits per heavy atom. The van der Waals surface area contributed by atoms with Crippen LogP contribution in [0.15, 0.2) is 12.1 Å². The second-order valence-corrected chi connectivity index (χ2v) is 4.43. The van der Waals surface area contributed by atoms with Crippen LogP contribution in [0.3, 0.4) is 0 Å². The molecule has 1 aromatic heterocycles. The number of piperazine rings is 1. The molecule has 3 rings (SSSR count). The molecule has 1 aliphatic carbocycles. The van der Waals surface area contributed by atoms with E-state index in [0.717, 1.165) is 44.1 Å². The van der Waals surface area contributed by atoms with Gasteiger partial charge in [-0.25, -0.2) is 9.97 Å². The molecular formula is C12H17ClN4O. The van der Waals surface area contributed by atoms with E-state index >= 15 is 0 Å². The standard InChI is InChI=1S/C12H16N4O.ClH/c17-9-1-2-10-11(7-9)14-8-15-12(10)16-5-3-13-4-6-16;/h7-8,13,17H,1-6H2;1H. The van der Waals surface area contributed by atoms with Crippen molar-refractivity contribution in [2.75, 3.05) is 31.1 Å². The first-order chi connectivity index (χ1) is 8.34. The lowest BCUT2D eigenvalue weighted by molar-refractivity contribution is 0.391. The summed E-state index contributed by atoms with van der Waals surface area (Å²) in [7, 11) is 0. The van der Waals surface area contributed by atoms with Crippen LogP contribution >= 0.6 is 12.4 Å². The number of aliphatic hydroxyl groups excluding tert-OH is 1. The molecule has 2 aliphatic rings. The SMILES string of the molecule is Cl.OC1=Cc2ncnc(N3CCNCC3)c2CC1. The zero-order valence-corrected chi connectivity index (χ0v) is 10.9. The highest BCUT2D eigenvalue weighted by Crippen LogP contribution is 2.27. The van der Waals surface area contributed by atoms with E-state index in [1.807, 2.05) is 0 Å². The van der Waals surface area contributed by atoms with Crippen LogP contribution in [-0.4, -0.2) is 41.3 Å². The van der Waals surface area contributed by atoms with Gasteiger partial charge in [-0.05, 0) is 6.42 Å². The van der Waals surface area contributed by atoms with Gasteiger partial charge in [0.05, 0.1) is 11.5 Å². The number of nitrogens with zero attached hydrogens (tertiary/aromatic N) is 3. The highest BCUT2D eigenvalue weighted by molar-refractivity contribution is 5.85. The summed E-state index contributed by atoms with van der Waals surface area (Å²) in [6, 6.07) is 0. The smallest absolute Gasteiger partial charge is 0.135 e. The number of hydrogen-bond acceptors (Lipinski definition) is 5. The lowest BCUT2D eigenvalue weighted by atomic mass is 10.0. The van der Waals surface area contributed by atoms with Gasteiger partial charge >= 0.3 is 0 Å². The summed E-state index contributed by atoms with van der Waals surface area (Å²) in [5, 5.41) is 12.9. The number of anilines is 1. The molecule has 0 saturated carbocycles. The first-order valence-corrected chi connectivity index (χ1v) is 6.03. The van der Waals surface area contributed by atoms with E-state index in [2.05, 4.69) is 20.2 Å². The predicted molar refractivity (Wildman–Crippen MR) is 73.3 cm³/mol. The summed E-state index contributed by atoms with van der Waals surface area (Å²) in [6.45, 7) is 3.97. The van der Waals surface area contributed by atoms with Gasteiger partial charge in [0.2, 0.25) is 0 Å². The topological polar surface area (TPSA) is 61.3 Å². The summed E-state index contributed by atoms with van der Waals surface area (Å²) >= 11 is 0. The Morgan fingerprint density at radius 3 is 2.72 bits per heavy atom. The lowest BCUT2D eigenvalue weighted by Crippen LogP contribution is -2.44. The Labute approximate surface area is 112 Å². The van der Waals surface area contributed by atoms with Crippen molar-refractivity contribution in [3.63, 3.8) is 0 Å². The van der Waals surface area contributed by atoms with E-state index < -0.39 is 0 Å². The minimum Gasteiger partial charge on any atom is -0.512 e. The van der Waals surface area contributed by atoms with Gasteiger partial charge in [0, 0.05) is 44.2 Å². The fourth-order valence-electron chi connectivity index (χ4n) is 2.41. The van der Waals surface area contributed by atoms with E-state index in [4.69, 9.17) is 0 Å². The van der Waals surface area contributed by atoms with Crippen LogP contribution in [0.25, 0.3) is 6.08 Å². The molecule has 0 unspecified atom stereocenters. The van der Waals surface area contributed by atoms with Crippen molar-refractivity contribution < 1.29 is 5.11 Å². The Hall–Kier alpha value is -1.33. The summed E-state index contributed by atoms with van der Waals surface area (Å²) in [5.41, 5.74) is 2.05. The Bertz CT molecular complexity index is 457. The largest absolute Gasteiger partial charge is 0.512 e. The summed E-state index contributed by atoms with van der Waals surface area (Å²) < 4.78 is 0. The molecule has 0 aromatic carbocycles. The summed E-state index contributed by atoms with van der Waals surface area (Å²) in [5.74, 6) is 1.46. The molecule has 1 saturated heterocycles. The molecule has 0 spiro atoms. The van der Waals surface area contributed by atoms with E-state index in [-0.39, 0.29) is 12.4 Å². The Balaban J connectivity index is 0.00000120. The molecule has 0 radical (unpaired) electrons. The van der Waals surface area contributed by atoms with Gasteiger partial charge in [0.15, 0.2) is 0 Å². The van der Waals surface area contributed by atoms with E-state index in [1.54, 1.807) is 12.4 Å². The fourth-order valence-corrected chi connectivity index (χ4v) is 2.41. The third-order valence-corrected chi connectivity index (χ3v) is 3.31. The molecule has 18 heavy (non-hydrogen) atoms. The van der Waals surface area contributed by atoms with Crippen LogP contribution in [0.4, 0.5) is 5.82 Å². The molecule has 1 fully saturated rings. The van der Waals surface area contributed by atoms with Crippen molar-refractivity contribution in [1.82, 2.24) is 15.3 Å². The third-order valence-electron chi connectivity index (χ3n) is 3.31. The molecule has 2 N–H and O–H groups in total. The molecule has 2 heterocycles. The van der Waals surface area contributed by atoms with Gasteiger partial charge in [-0.1, -0.05) is 0 Å². The highest BCUT2D eigenvalue weighted by atomic mass is 35.5. The normalized spacial score (nSPS) is 18.7. The number of fused-ring (bicyclic) bond motifs is 1. The molecule has 6 heteroatoms. The second-order valence-electron chi connectivity index (χ2n) is 4.43. The highest BCUT2D eigenvalue weighted by Gasteiger charge is 2.20. The second kappa shape index (κ2) is 5.54. The number of aliphatic hydroxyl groups is 1. The molecular weight excluding hydrogens is 252 g/mol. The van der Waals surface area contributed by atoms with Gasteiger partial charge in [-0.15, -0.1) is 12.4 Å². The molecule has 0 bridgehead atoms. The zero-order chi connectivity index (χ0) is 11.7. The number of hydrogen-bond donors (Lipinski definition) is 2. The number of nitrogens with one attached hydrogen (secondary N) is 1. The van der Waals surface area contributed by atoms with Gasteiger partial charge in [-0.3, -0.25) is 0 Å². The molecule has 1 aliphatic heterocycles. The number of aromatic nitrogens is 2. The van der Waals surface area contributed by atoms with Crippen molar-refractivity contribution in [3.05, 3.63) is 23.3 Å². The molecule has 98 valence electrons. The number of allylic oxidation sites excluding steroid dienone is 1. The minimum atomic E-state index is 0. The van der Waals surface area contributed by atoms with Gasteiger partial charge in [-0.2, -0.15) is 0 Å². The molecule has 1 aromatic rings. The fraction of sp³-hybridized carbons (Fsp3) is 0.500. The van der Waals surface area contributed by atoms with E-state index in [9.17, 15) is 5.11 Å². The number of halogens is 1.